The highest BCUT2D eigenvalue weighted by Gasteiger charge is 2.12. The molecule has 2 aromatic rings. The molecule has 0 bridgehead atoms. The first-order valence-corrected chi connectivity index (χ1v) is 4.74. The monoisotopic (exact) mass is 211 g/mol. The molecule has 1 N–H and O–H groups in total. The van der Waals surface area contributed by atoms with Crippen LogP contribution in [0.3, 0.4) is 0 Å². The van der Waals surface area contributed by atoms with Crippen LogP contribution in [0.4, 0.5) is 0 Å². The van der Waals surface area contributed by atoms with Crippen LogP contribution in [0.15, 0.2) is 6.07 Å². The Morgan fingerprint density at radius 3 is 2.93 bits per heavy atom. The Kier molecular flexibility index (Phi) is 2.29. The maximum absolute atomic E-state index is 5.86. The Labute approximate surface area is 86.2 Å². The van der Waals surface area contributed by atoms with Crippen molar-refractivity contribution in [2.24, 2.45) is 0 Å². The molecule has 0 aliphatic heterocycles. The lowest BCUT2D eigenvalue weighted by atomic mass is 10.1. The van der Waals surface area contributed by atoms with Gasteiger partial charge in [0.05, 0.1) is 13.0 Å². The van der Waals surface area contributed by atoms with Gasteiger partial charge in [0, 0.05) is 11.6 Å². The van der Waals surface area contributed by atoms with E-state index in [9.17, 15) is 0 Å². The number of ether oxygens (including phenoxy) is 1. The molecule has 2 rings (SSSR count). The van der Waals surface area contributed by atoms with Crippen molar-refractivity contribution in [1.29, 1.82) is 0 Å². The Morgan fingerprint density at radius 1 is 1.50 bits per heavy atom. The Bertz CT molecular complexity index is 466. The molecule has 0 saturated heterocycles. The van der Waals surface area contributed by atoms with Crippen molar-refractivity contribution in [3.8, 4) is 5.75 Å². The van der Waals surface area contributed by atoms with Crippen LogP contribution < -0.4 is 4.74 Å². The largest absolute Gasteiger partial charge is 0.496 e. The van der Waals surface area contributed by atoms with Crippen molar-refractivity contribution >= 4 is 22.6 Å². The van der Waals surface area contributed by atoms with Crippen molar-refractivity contribution in [3.05, 3.63) is 17.2 Å². The number of nitrogens with one attached hydrogen (secondary N) is 1. The molecule has 1 aromatic carbocycles. The van der Waals surface area contributed by atoms with E-state index < -0.39 is 0 Å². The number of aromatic amines is 1. The zero-order valence-electron chi connectivity index (χ0n) is 7.97. The average molecular weight is 212 g/mol. The highest BCUT2D eigenvalue weighted by Crippen LogP contribution is 2.28. The molecule has 0 aliphatic rings. The number of benzene rings is 1. The van der Waals surface area contributed by atoms with Crippen LogP contribution >= 0.6 is 11.6 Å². The number of fused-ring (bicyclic) bond motifs is 1. The standard InChI is InChI=1S/C9H10ClN3O/c1-5-6(4-10)9-7(11-13-12-9)3-8(5)14-2/h3H,4H2,1-2H3,(H,11,12,13). The first-order chi connectivity index (χ1) is 6.77. The van der Waals surface area contributed by atoms with E-state index in [2.05, 4.69) is 15.4 Å². The normalized spacial score (nSPS) is 10.8. The van der Waals surface area contributed by atoms with Crippen molar-refractivity contribution in [3.63, 3.8) is 0 Å². The Morgan fingerprint density at radius 2 is 2.29 bits per heavy atom. The van der Waals surface area contributed by atoms with Crippen LogP contribution in [-0.4, -0.2) is 22.5 Å². The van der Waals surface area contributed by atoms with Crippen molar-refractivity contribution < 1.29 is 4.74 Å². The second kappa shape index (κ2) is 3.46. The second-order valence-electron chi connectivity index (χ2n) is 3.01. The predicted octanol–water partition coefficient (Wildman–Crippen LogP) is 2.01. The van der Waals surface area contributed by atoms with E-state index in [1.807, 2.05) is 13.0 Å². The van der Waals surface area contributed by atoms with Gasteiger partial charge in [0.1, 0.15) is 16.8 Å². The maximum Gasteiger partial charge on any atom is 0.124 e. The number of hydrogen-bond donors (Lipinski definition) is 1. The minimum absolute atomic E-state index is 0.409. The molecule has 0 atom stereocenters. The summed E-state index contributed by atoms with van der Waals surface area (Å²) in [5, 5.41) is 10.6. The van der Waals surface area contributed by atoms with Crippen LogP contribution in [0.2, 0.25) is 0 Å². The van der Waals surface area contributed by atoms with Gasteiger partial charge in [0.25, 0.3) is 0 Å². The zero-order chi connectivity index (χ0) is 10.1. The van der Waals surface area contributed by atoms with Gasteiger partial charge in [-0.2, -0.15) is 15.4 Å². The number of hydrogen-bond acceptors (Lipinski definition) is 3. The number of nitrogens with zero attached hydrogens (tertiary/aromatic N) is 2. The topological polar surface area (TPSA) is 50.8 Å². The summed E-state index contributed by atoms with van der Waals surface area (Å²) < 4.78 is 5.22. The van der Waals surface area contributed by atoms with Crippen molar-refractivity contribution in [1.82, 2.24) is 15.4 Å². The van der Waals surface area contributed by atoms with Gasteiger partial charge in [-0.05, 0) is 12.5 Å². The lowest BCUT2D eigenvalue weighted by molar-refractivity contribution is 0.412. The summed E-state index contributed by atoms with van der Waals surface area (Å²) in [5.74, 6) is 1.20. The van der Waals surface area contributed by atoms with Gasteiger partial charge in [-0.15, -0.1) is 11.6 Å². The van der Waals surface area contributed by atoms with Gasteiger partial charge in [-0.3, -0.25) is 0 Å². The van der Waals surface area contributed by atoms with Gasteiger partial charge in [-0.25, -0.2) is 0 Å². The van der Waals surface area contributed by atoms with E-state index in [-0.39, 0.29) is 0 Å². The number of alkyl halides is 1. The van der Waals surface area contributed by atoms with Crippen molar-refractivity contribution in [2.45, 2.75) is 12.8 Å². The fraction of sp³-hybridized carbons (Fsp3) is 0.333. The third kappa shape index (κ3) is 1.23. The van der Waals surface area contributed by atoms with E-state index >= 15 is 0 Å². The first-order valence-electron chi connectivity index (χ1n) is 4.20. The third-order valence-corrected chi connectivity index (χ3v) is 2.57. The van der Waals surface area contributed by atoms with Gasteiger partial charge in [0.2, 0.25) is 0 Å². The van der Waals surface area contributed by atoms with Crippen LogP contribution in [0.1, 0.15) is 11.1 Å². The third-order valence-electron chi connectivity index (χ3n) is 2.30. The quantitative estimate of drug-likeness (QED) is 0.774. The van der Waals surface area contributed by atoms with E-state index in [4.69, 9.17) is 16.3 Å². The number of rotatable bonds is 2. The molecule has 0 aliphatic carbocycles. The molecule has 0 spiro atoms. The predicted molar refractivity (Wildman–Crippen MR) is 54.7 cm³/mol. The summed E-state index contributed by atoms with van der Waals surface area (Å²) in [6.07, 6.45) is 0. The van der Waals surface area contributed by atoms with Gasteiger partial charge in [0.15, 0.2) is 0 Å². The molecule has 5 heteroatoms. The summed E-state index contributed by atoms with van der Waals surface area (Å²) in [5.41, 5.74) is 3.58. The summed E-state index contributed by atoms with van der Waals surface area (Å²) in [6.45, 7) is 1.96. The summed E-state index contributed by atoms with van der Waals surface area (Å²) in [4.78, 5) is 0. The van der Waals surface area contributed by atoms with Crippen LogP contribution in [0, 0.1) is 6.92 Å². The maximum atomic E-state index is 5.86. The SMILES string of the molecule is COc1cc2n[nH]nc2c(CCl)c1C. The van der Waals surface area contributed by atoms with Crippen LogP contribution in [-0.2, 0) is 5.88 Å². The number of aromatic nitrogens is 3. The highest BCUT2D eigenvalue weighted by atomic mass is 35.5. The minimum Gasteiger partial charge on any atom is -0.496 e. The average Bonchev–Trinajstić information content (AvgIpc) is 2.64. The molecule has 14 heavy (non-hydrogen) atoms. The number of methoxy groups -OCH3 is 1. The molecular weight excluding hydrogens is 202 g/mol. The second-order valence-corrected chi connectivity index (χ2v) is 3.27. The van der Waals surface area contributed by atoms with Gasteiger partial charge in [-0.1, -0.05) is 0 Å². The highest BCUT2D eigenvalue weighted by molar-refractivity contribution is 6.18. The first kappa shape index (κ1) is 9.27. The summed E-state index contributed by atoms with van der Waals surface area (Å²) in [7, 11) is 1.63. The van der Waals surface area contributed by atoms with Crippen LogP contribution in [0.25, 0.3) is 11.0 Å². The Balaban J connectivity index is 2.80. The van der Waals surface area contributed by atoms with E-state index in [1.165, 1.54) is 0 Å². The number of halogens is 1. The van der Waals surface area contributed by atoms with Gasteiger partial charge < -0.3 is 4.74 Å². The fourth-order valence-electron chi connectivity index (χ4n) is 1.50. The lowest BCUT2D eigenvalue weighted by Gasteiger charge is -2.08. The molecule has 4 nitrogen and oxygen atoms in total. The van der Waals surface area contributed by atoms with Crippen molar-refractivity contribution in [2.75, 3.05) is 7.11 Å². The number of H-pyrrole nitrogens is 1. The fourth-order valence-corrected chi connectivity index (χ4v) is 1.82. The lowest BCUT2D eigenvalue weighted by Crippen LogP contribution is -1.93. The molecule has 1 aromatic heterocycles. The summed E-state index contributed by atoms with van der Waals surface area (Å²) >= 11 is 5.86. The Hall–Kier alpha value is -1.29. The molecule has 1 heterocycles. The molecule has 0 unspecified atom stereocenters. The van der Waals surface area contributed by atoms with E-state index in [1.54, 1.807) is 7.11 Å². The van der Waals surface area contributed by atoms with Crippen LogP contribution in [0.5, 0.6) is 5.75 Å². The molecule has 0 fully saturated rings. The zero-order valence-corrected chi connectivity index (χ0v) is 8.72. The summed E-state index contributed by atoms with van der Waals surface area (Å²) in [6, 6.07) is 1.85. The molecule has 0 amide bonds. The molecule has 0 saturated carbocycles. The van der Waals surface area contributed by atoms with Gasteiger partial charge >= 0.3 is 0 Å². The minimum atomic E-state index is 0.409. The molecule has 0 radical (unpaired) electrons. The van der Waals surface area contributed by atoms with E-state index in [0.717, 1.165) is 27.9 Å². The molecular formula is C9H10ClN3O. The molecule has 74 valence electrons. The van der Waals surface area contributed by atoms with E-state index in [0.29, 0.717) is 5.88 Å². The smallest absolute Gasteiger partial charge is 0.124 e.